The number of benzene rings is 1. The molecule has 1 atom stereocenters. The number of amides is 1. The lowest BCUT2D eigenvalue weighted by Gasteiger charge is -2.11. The quantitative estimate of drug-likeness (QED) is 0.458. The maximum absolute atomic E-state index is 12.2. The molecule has 0 aliphatic rings. The highest BCUT2D eigenvalue weighted by molar-refractivity contribution is 5.87. The topological polar surface area (TPSA) is 132 Å². The van der Waals surface area contributed by atoms with Crippen molar-refractivity contribution in [2.24, 2.45) is 5.10 Å². The van der Waals surface area contributed by atoms with E-state index >= 15 is 0 Å². The molecular weight excluding hydrogens is 342 g/mol. The van der Waals surface area contributed by atoms with E-state index in [0.717, 1.165) is 0 Å². The van der Waals surface area contributed by atoms with Crippen LogP contribution in [0, 0.1) is 24.0 Å². The monoisotopic (exact) mass is 361 g/mol. The molecule has 10 heteroatoms. The summed E-state index contributed by atoms with van der Waals surface area (Å²) < 4.78 is 6.27. The molecule has 2 N–H and O–H groups in total. The van der Waals surface area contributed by atoms with E-state index in [9.17, 15) is 20.0 Å². The lowest BCUT2D eigenvalue weighted by molar-refractivity contribution is -0.386. The molecule has 1 amide bonds. The Morgan fingerprint density at radius 2 is 2.19 bits per heavy atom. The molecule has 26 heavy (non-hydrogen) atoms. The molecule has 1 heterocycles. The number of hydrogen-bond acceptors (Lipinski definition) is 7. The van der Waals surface area contributed by atoms with Crippen molar-refractivity contribution in [2.45, 2.75) is 26.8 Å². The lowest BCUT2D eigenvalue weighted by atomic mass is 10.2. The van der Waals surface area contributed by atoms with E-state index in [4.69, 9.17) is 4.74 Å². The predicted molar refractivity (Wildman–Crippen MR) is 93.5 cm³/mol. The Balaban J connectivity index is 2.13. The van der Waals surface area contributed by atoms with E-state index in [1.807, 2.05) is 0 Å². The van der Waals surface area contributed by atoms with Gasteiger partial charge in [-0.25, -0.2) is 5.43 Å². The Morgan fingerprint density at radius 3 is 2.77 bits per heavy atom. The third-order valence-electron chi connectivity index (χ3n) is 3.84. The largest absolute Gasteiger partial charge is 0.504 e. The van der Waals surface area contributed by atoms with Crippen LogP contribution in [0.4, 0.5) is 5.69 Å². The smallest absolute Gasteiger partial charge is 0.312 e. The summed E-state index contributed by atoms with van der Waals surface area (Å²) in [5.41, 5.74) is 3.09. The first-order valence-electron chi connectivity index (χ1n) is 7.66. The maximum Gasteiger partial charge on any atom is 0.312 e. The van der Waals surface area contributed by atoms with Crippen molar-refractivity contribution in [1.82, 2.24) is 15.2 Å². The zero-order valence-corrected chi connectivity index (χ0v) is 14.8. The molecule has 0 bridgehead atoms. The number of hydrogen-bond donors (Lipinski definition) is 2. The summed E-state index contributed by atoms with van der Waals surface area (Å²) in [7, 11) is 1.42. The van der Waals surface area contributed by atoms with Crippen LogP contribution in [0.1, 0.15) is 29.9 Å². The van der Waals surface area contributed by atoms with E-state index in [1.165, 1.54) is 31.9 Å². The van der Waals surface area contributed by atoms with E-state index in [-0.39, 0.29) is 28.6 Å². The van der Waals surface area contributed by atoms with Crippen molar-refractivity contribution in [3.63, 3.8) is 0 Å². The molecule has 0 aliphatic carbocycles. The zero-order chi connectivity index (χ0) is 19.4. The summed E-state index contributed by atoms with van der Waals surface area (Å²) in [5.74, 6) is -0.331. The van der Waals surface area contributed by atoms with Gasteiger partial charge in [0.15, 0.2) is 11.5 Å². The van der Waals surface area contributed by atoms with Crippen molar-refractivity contribution in [3.05, 3.63) is 45.3 Å². The number of rotatable bonds is 6. The molecule has 1 aromatic heterocycles. The van der Waals surface area contributed by atoms with Gasteiger partial charge in [-0.3, -0.25) is 19.6 Å². The number of carbonyl (C=O) groups excluding carboxylic acids is 1. The number of aromatic hydroxyl groups is 1. The number of aryl methyl sites for hydroxylation is 1. The number of nitrogens with one attached hydrogen (secondary N) is 1. The van der Waals surface area contributed by atoms with Gasteiger partial charge in [-0.05, 0) is 32.9 Å². The first kappa shape index (κ1) is 18.9. The third-order valence-corrected chi connectivity index (χ3v) is 3.84. The third kappa shape index (κ3) is 3.63. The molecular formula is C16H19N5O5. The average Bonchev–Trinajstić information content (AvgIpc) is 2.90. The number of methoxy groups -OCH3 is 1. The Labute approximate surface area is 149 Å². The van der Waals surface area contributed by atoms with Crippen molar-refractivity contribution in [1.29, 1.82) is 0 Å². The van der Waals surface area contributed by atoms with Gasteiger partial charge < -0.3 is 9.84 Å². The minimum atomic E-state index is -0.807. The van der Waals surface area contributed by atoms with Gasteiger partial charge in [-0.2, -0.15) is 10.2 Å². The molecule has 1 aromatic carbocycles. The fraction of sp³-hybridized carbons (Fsp3) is 0.312. The fourth-order valence-electron chi connectivity index (χ4n) is 2.47. The second kappa shape index (κ2) is 7.64. The summed E-state index contributed by atoms with van der Waals surface area (Å²) in [6.07, 6.45) is 1.27. The van der Waals surface area contributed by atoms with Crippen molar-refractivity contribution in [3.8, 4) is 11.5 Å². The number of ether oxygens (including phenoxy) is 1. The van der Waals surface area contributed by atoms with E-state index < -0.39 is 16.9 Å². The van der Waals surface area contributed by atoms with Crippen molar-refractivity contribution >= 4 is 17.8 Å². The summed E-state index contributed by atoms with van der Waals surface area (Å²) in [6.45, 7) is 4.59. The number of nitro groups is 1. The zero-order valence-electron chi connectivity index (χ0n) is 14.8. The number of hydrazone groups is 1. The molecule has 0 fully saturated rings. The number of carbonyl (C=O) groups is 1. The molecule has 138 valence electrons. The summed E-state index contributed by atoms with van der Waals surface area (Å²) in [6, 6.07) is 4.04. The molecule has 10 nitrogen and oxygen atoms in total. The number of phenolic OH excluding ortho intramolecular Hbond substituents is 1. The number of para-hydroxylation sites is 1. The normalized spacial score (nSPS) is 12.2. The summed E-state index contributed by atoms with van der Waals surface area (Å²) in [4.78, 5) is 22.8. The highest BCUT2D eigenvalue weighted by Crippen LogP contribution is 2.28. The molecule has 0 unspecified atom stereocenters. The SMILES string of the molecule is COc1cccc(/C=N\NC(=O)[C@H](C)n2nc(C)c([N+](=O)[O-])c2C)c1O. The van der Waals surface area contributed by atoms with Gasteiger partial charge in [0.1, 0.15) is 17.4 Å². The minimum absolute atomic E-state index is 0.102. The molecule has 0 spiro atoms. The standard InChI is InChI=1S/C16H19N5O5/c1-9-14(21(24)25)10(2)20(19-9)11(3)16(23)18-17-8-12-6-5-7-13(26-4)15(12)22/h5-8,11,22H,1-4H3,(H,18,23)/b17-8-/t11-/m0/s1. The van der Waals surface area contributed by atoms with E-state index in [2.05, 4.69) is 15.6 Å². The van der Waals surface area contributed by atoms with Gasteiger partial charge in [-0.15, -0.1) is 0 Å². The van der Waals surface area contributed by atoms with E-state index in [1.54, 1.807) is 25.1 Å². The second-order valence-electron chi connectivity index (χ2n) is 5.53. The van der Waals surface area contributed by atoms with E-state index in [0.29, 0.717) is 5.56 Å². The highest BCUT2D eigenvalue weighted by Gasteiger charge is 2.26. The van der Waals surface area contributed by atoms with Gasteiger partial charge in [0.2, 0.25) is 0 Å². The van der Waals surface area contributed by atoms with Crippen molar-refractivity contribution < 1.29 is 19.6 Å². The Hall–Kier alpha value is -3.43. The van der Waals surface area contributed by atoms with Crippen LogP contribution in [0.3, 0.4) is 0 Å². The number of aromatic nitrogens is 2. The average molecular weight is 361 g/mol. The predicted octanol–water partition coefficient (Wildman–Crippen LogP) is 1.83. The van der Waals surface area contributed by atoms with Crippen LogP contribution in [-0.4, -0.2) is 39.0 Å². The molecule has 2 aromatic rings. The van der Waals surface area contributed by atoms with Crippen LogP contribution in [0.25, 0.3) is 0 Å². The first-order chi connectivity index (χ1) is 12.3. The van der Waals surface area contributed by atoms with Crippen LogP contribution < -0.4 is 10.2 Å². The summed E-state index contributed by atoms with van der Waals surface area (Å²) in [5, 5.41) is 28.9. The van der Waals surface area contributed by atoms with Gasteiger partial charge in [0.25, 0.3) is 5.91 Å². The minimum Gasteiger partial charge on any atom is -0.504 e. The van der Waals surface area contributed by atoms with Crippen molar-refractivity contribution in [2.75, 3.05) is 7.11 Å². The Kier molecular flexibility index (Phi) is 5.55. The molecule has 0 saturated heterocycles. The molecule has 2 rings (SSSR count). The second-order valence-corrected chi connectivity index (χ2v) is 5.53. The van der Waals surface area contributed by atoms with Gasteiger partial charge in [0.05, 0.1) is 18.2 Å². The van der Waals surface area contributed by atoms with Crippen LogP contribution in [0.2, 0.25) is 0 Å². The Bertz CT molecular complexity index is 874. The molecule has 0 radical (unpaired) electrons. The first-order valence-corrected chi connectivity index (χ1v) is 7.66. The van der Waals surface area contributed by atoms with Crippen LogP contribution in [-0.2, 0) is 4.79 Å². The van der Waals surface area contributed by atoms with Crippen LogP contribution >= 0.6 is 0 Å². The highest BCUT2D eigenvalue weighted by atomic mass is 16.6. The van der Waals surface area contributed by atoms with Crippen LogP contribution in [0.5, 0.6) is 11.5 Å². The lowest BCUT2D eigenvalue weighted by Crippen LogP contribution is -2.28. The summed E-state index contributed by atoms with van der Waals surface area (Å²) >= 11 is 0. The fourth-order valence-corrected chi connectivity index (χ4v) is 2.47. The molecule has 0 aliphatic heterocycles. The van der Waals surface area contributed by atoms with Gasteiger partial charge >= 0.3 is 5.69 Å². The maximum atomic E-state index is 12.2. The number of nitrogens with zero attached hydrogens (tertiary/aromatic N) is 4. The van der Waals surface area contributed by atoms with Gasteiger partial charge in [-0.1, -0.05) is 6.07 Å². The molecule has 0 saturated carbocycles. The van der Waals surface area contributed by atoms with Gasteiger partial charge in [0, 0.05) is 5.56 Å². The Morgan fingerprint density at radius 1 is 1.50 bits per heavy atom. The number of phenols is 1. The van der Waals surface area contributed by atoms with Crippen LogP contribution in [0.15, 0.2) is 23.3 Å².